The van der Waals surface area contributed by atoms with Crippen LogP contribution in [0.25, 0.3) is 66.1 Å². The van der Waals surface area contributed by atoms with Crippen LogP contribution in [-0.4, -0.2) is 0 Å². The molecule has 4 heteroatoms. The Balaban J connectivity index is 0.000000142. The van der Waals surface area contributed by atoms with E-state index in [0.29, 0.717) is 5.02 Å². The van der Waals surface area contributed by atoms with Crippen molar-refractivity contribution in [1.29, 1.82) is 0 Å². The largest absolute Gasteiger partial charge is 0.456 e. The van der Waals surface area contributed by atoms with Crippen LogP contribution < -0.4 is 4.90 Å². The molecule has 2 aromatic heterocycles. The molecule has 0 N–H and O–H groups in total. The minimum Gasteiger partial charge on any atom is -0.456 e. The van der Waals surface area contributed by atoms with Crippen molar-refractivity contribution in [3.8, 4) is 22.3 Å². The first-order valence-electron chi connectivity index (χ1n) is 26.6. The van der Waals surface area contributed by atoms with Crippen LogP contribution in [0.5, 0.6) is 0 Å². The number of furan rings is 2. The van der Waals surface area contributed by atoms with Gasteiger partial charge in [-0.3, -0.25) is 0 Å². The first kappa shape index (κ1) is 45.7. The number of hydrogen-bond donors (Lipinski definition) is 0. The number of nitrogens with zero attached hydrogens (tertiary/aromatic N) is 1. The molecule has 14 aromatic rings. The zero-order valence-electron chi connectivity index (χ0n) is 42.4. The first-order valence-corrected chi connectivity index (χ1v) is 27.0. The van der Waals surface area contributed by atoms with Gasteiger partial charge < -0.3 is 13.7 Å². The van der Waals surface area contributed by atoms with Crippen LogP contribution >= 0.6 is 11.6 Å². The summed E-state index contributed by atoms with van der Waals surface area (Å²) in [6.45, 7) is 0. The van der Waals surface area contributed by atoms with Gasteiger partial charge in [-0.15, -0.1) is 0 Å². The predicted octanol–water partition coefficient (Wildman–Crippen LogP) is 20.0. The van der Waals surface area contributed by atoms with Gasteiger partial charge >= 0.3 is 0 Å². The third kappa shape index (κ3) is 6.78. The van der Waals surface area contributed by atoms with E-state index in [1.54, 1.807) is 0 Å². The number of rotatable bonds is 7. The Morgan fingerprint density at radius 3 is 1.04 bits per heavy atom. The van der Waals surface area contributed by atoms with Crippen LogP contribution in [0.1, 0.15) is 44.5 Å². The number of benzene rings is 12. The second kappa shape index (κ2) is 18.3. The summed E-state index contributed by atoms with van der Waals surface area (Å²) in [7, 11) is 0. The van der Waals surface area contributed by atoms with Crippen molar-refractivity contribution >= 4 is 72.5 Å². The maximum atomic E-state index is 6.75. The van der Waals surface area contributed by atoms with Crippen molar-refractivity contribution in [3.05, 3.63) is 341 Å². The second-order valence-corrected chi connectivity index (χ2v) is 20.7. The maximum absolute atomic E-state index is 6.75. The summed E-state index contributed by atoms with van der Waals surface area (Å²) in [5.41, 5.74) is 21.0. The van der Waals surface area contributed by atoms with Gasteiger partial charge in [-0.05, 0) is 127 Å². The summed E-state index contributed by atoms with van der Waals surface area (Å²) < 4.78 is 13.1. The van der Waals surface area contributed by atoms with E-state index < -0.39 is 10.8 Å². The van der Waals surface area contributed by atoms with E-state index >= 15 is 0 Å². The molecule has 78 heavy (non-hydrogen) atoms. The molecule has 3 nitrogen and oxygen atoms in total. The van der Waals surface area contributed by atoms with Crippen LogP contribution in [0.4, 0.5) is 17.1 Å². The minimum atomic E-state index is -0.496. The summed E-state index contributed by atoms with van der Waals surface area (Å²) in [5, 5.41) is 5.17. The SMILES string of the molecule is Clc1ccc2c(c1)oc1cccc(C3(c4ccccc4)c4ccccc4-c4ccccc43)c12.c1ccc(N(c2ccccc2)c2ccc3c(c2)oc2cccc(C4(c5ccccc5)c5ccccc5-c5ccccc54)c23)cc1. The lowest BCUT2D eigenvalue weighted by molar-refractivity contribution is 0.667. The molecule has 16 rings (SSSR count). The van der Waals surface area contributed by atoms with E-state index in [1.807, 2.05) is 12.1 Å². The third-order valence-corrected chi connectivity index (χ3v) is 16.6. The maximum Gasteiger partial charge on any atom is 0.137 e. The Morgan fingerprint density at radius 2 is 0.615 bits per heavy atom. The van der Waals surface area contributed by atoms with Crippen LogP contribution in [0, 0.1) is 0 Å². The average Bonchev–Trinajstić information content (AvgIpc) is 3.51. The van der Waals surface area contributed by atoms with E-state index in [2.05, 4.69) is 284 Å². The summed E-state index contributed by atoms with van der Waals surface area (Å²) in [6.07, 6.45) is 0. The van der Waals surface area contributed by atoms with E-state index in [0.717, 1.165) is 60.9 Å². The number of halogens is 1. The molecular weight excluding hydrogens is 970 g/mol. The van der Waals surface area contributed by atoms with Gasteiger partial charge in [0.1, 0.15) is 22.3 Å². The van der Waals surface area contributed by atoms with Crippen LogP contribution in [-0.2, 0) is 10.8 Å². The molecule has 0 aliphatic heterocycles. The summed E-state index contributed by atoms with van der Waals surface area (Å²) >= 11 is 6.31. The molecule has 368 valence electrons. The van der Waals surface area contributed by atoms with Gasteiger partial charge in [-0.1, -0.05) is 230 Å². The van der Waals surface area contributed by atoms with Crippen molar-refractivity contribution < 1.29 is 8.83 Å². The van der Waals surface area contributed by atoms with Gasteiger partial charge in [0.25, 0.3) is 0 Å². The van der Waals surface area contributed by atoms with E-state index in [-0.39, 0.29) is 0 Å². The Bertz CT molecular complexity index is 4450. The number of fused-ring (bicyclic) bond motifs is 12. The van der Waals surface area contributed by atoms with Gasteiger partial charge in [-0.2, -0.15) is 0 Å². The van der Waals surface area contributed by atoms with Crippen molar-refractivity contribution in [2.24, 2.45) is 0 Å². The smallest absolute Gasteiger partial charge is 0.137 e. The van der Waals surface area contributed by atoms with Gasteiger partial charge in [0.05, 0.1) is 10.8 Å². The molecular formula is C74H48ClNO2. The first-order chi connectivity index (χ1) is 38.6. The molecule has 0 atom stereocenters. The molecule has 0 unspecified atom stereocenters. The second-order valence-electron chi connectivity index (χ2n) is 20.3. The van der Waals surface area contributed by atoms with Gasteiger partial charge in [0.15, 0.2) is 0 Å². The highest BCUT2D eigenvalue weighted by Gasteiger charge is 2.48. The molecule has 12 aromatic carbocycles. The molecule has 0 radical (unpaired) electrons. The fourth-order valence-corrected chi connectivity index (χ4v) is 13.5. The lowest BCUT2D eigenvalue weighted by atomic mass is 9.66. The average molecular weight is 1020 g/mol. The topological polar surface area (TPSA) is 29.5 Å². The molecule has 0 amide bonds. The summed E-state index contributed by atoms with van der Waals surface area (Å²) in [5.74, 6) is 0. The zero-order chi connectivity index (χ0) is 51.8. The summed E-state index contributed by atoms with van der Waals surface area (Å²) in [4.78, 5) is 2.28. The van der Waals surface area contributed by atoms with Gasteiger partial charge in [0.2, 0.25) is 0 Å². The summed E-state index contributed by atoms with van der Waals surface area (Å²) in [6, 6.07) is 104. The highest BCUT2D eigenvalue weighted by Crippen LogP contribution is 2.60. The normalized spacial score (nSPS) is 13.4. The quantitative estimate of drug-likeness (QED) is 0.159. The minimum absolute atomic E-state index is 0.454. The lowest BCUT2D eigenvalue weighted by Gasteiger charge is -2.34. The number of para-hydroxylation sites is 2. The predicted molar refractivity (Wildman–Crippen MR) is 322 cm³/mol. The number of hydrogen-bond acceptors (Lipinski definition) is 3. The van der Waals surface area contributed by atoms with E-state index in [1.165, 1.54) is 66.8 Å². The Morgan fingerprint density at radius 1 is 0.269 bits per heavy atom. The Kier molecular flexibility index (Phi) is 10.7. The van der Waals surface area contributed by atoms with Gasteiger partial charge in [-0.25, -0.2) is 0 Å². The molecule has 0 spiro atoms. The fraction of sp³-hybridized carbons (Fsp3) is 0.0270. The molecule has 2 aliphatic rings. The van der Waals surface area contributed by atoms with Crippen molar-refractivity contribution in [2.75, 3.05) is 4.90 Å². The van der Waals surface area contributed by atoms with E-state index in [4.69, 9.17) is 20.4 Å². The van der Waals surface area contributed by atoms with Crippen molar-refractivity contribution in [3.63, 3.8) is 0 Å². The van der Waals surface area contributed by atoms with Crippen LogP contribution in [0.3, 0.4) is 0 Å². The van der Waals surface area contributed by atoms with Gasteiger partial charge in [0, 0.05) is 55.8 Å². The third-order valence-electron chi connectivity index (χ3n) is 16.4. The molecule has 0 fully saturated rings. The zero-order valence-corrected chi connectivity index (χ0v) is 43.1. The Hall–Kier alpha value is -9.67. The molecule has 2 aliphatic carbocycles. The van der Waals surface area contributed by atoms with E-state index in [9.17, 15) is 0 Å². The molecule has 0 saturated carbocycles. The van der Waals surface area contributed by atoms with Crippen LogP contribution in [0.15, 0.2) is 300 Å². The molecule has 2 heterocycles. The Labute approximate surface area is 457 Å². The standard InChI is InChI=1S/C43H29NO.C31H19ClO/c1-4-15-30(16-5-1)43(37-23-12-10-21-34(37)35-22-11-13-24-38(35)43)39-25-14-26-40-42(39)36-28-27-33(29-41(36)45-40)44(31-17-6-2-7-18-31)32-19-8-3-9-20-32;32-21-17-18-24-29(19-21)33-28-16-8-15-27(30(24)28)31(20-9-2-1-3-10-20)25-13-6-4-11-22(25)23-12-5-7-14-26(23)31/h1-29H;1-19H. The molecule has 0 saturated heterocycles. The highest BCUT2D eigenvalue weighted by atomic mass is 35.5. The van der Waals surface area contributed by atoms with Crippen molar-refractivity contribution in [1.82, 2.24) is 0 Å². The number of anilines is 3. The van der Waals surface area contributed by atoms with Crippen LogP contribution in [0.2, 0.25) is 5.02 Å². The monoisotopic (exact) mass is 1020 g/mol. The fourth-order valence-electron chi connectivity index (χ4n) is 13.3. The van der Waals surface area contributed by atoms with Crippen molar-refractivity contribution in [2.45, 2.75) is 10.8 Å². The lowest BCUT2D eigenvalue weighted by Crippen LogP contribution is -2.28. The molecule has 0 bridgehead atoms. The highest BCUT2D eigenvalue weighted by molar-refractivity contribution is 6.31.